The van der Waals surface area contributed by atoms with Crippen molar-refractivity contribution in [3.05, 3.63) is 29.9 Å². The summed E-state index contributed by atoms with van der Waals surface area (Å²) < 4.78 is 0. The Morgan fingerprint density at radius 1 is 1.54 bits per heavy atom. The molecule has 0 saturated carbocycles. The predicted molar refractivity (Wildman–Crippen MR) is 54.3 cm³/mol. The van der Waals surface area contributed by atoms with E-state index in [4.69, 9.17) is 0 Å². The Hall–Kier alpha value is -1.22. The van der Waals surface area contributed by atoms with Gasteiger partial charge in [0.25, 0.3) is 0 Å². The molecule has 0 bridgehead atoms. The highest BCUT2D eigenvalue weighted by molar-refractivity contribution is 5.44. The summed E-state index contributed by atoms with van der Waals surface area (Å²) in [6.07, 6.45) is 5.84. The SMILES string of the molecule is CNC(C)/C=C/c1ccnc(C)n1. The molecule has 0 saturated heterocycles. The monoisotopic (exact) mass is 177 g/mol. The third-order valence-corrected chi connectivity index (χ3v) is 1.81. The molecule has 1 unspecified atom stereocenters. The lowest BCUT2D eigenvalue weighted by Gasteiger charge is -2.01. The van der Waals surface area contributed by atoms with Crippen molar-refractivity contribution in [3.8, 4) is 0 Å². The summed E-state index contributed by atoms with van der Waals surface area (Å²) in [5, 5.41) is 3.12. The fraction of sp³-hybridized carbons (Fsp3) is 0.400. The zero-order valence-corrected chi connectivity index (χ0v) is 8.28. The van der Waals surface area contributed by atoms with Crippen molar-refractivity contribution >= 4 is 6.08 Å². The molecule has 1 atom stereocenters. The van der Waals surface area contributed by atoms with Crippen molar-refractivity contribution in [1.82, 2.24) is 15.3 Å². The molecule has 3 heteroatoms. The van der Waals surface area contributed by atoms with E-state index in [0.29, 0.717) is 6.04 Å². The van der Waals surface area contributed by atoms with E-state index in [1.54, 1.807) is 6.20 Å². The molecule has 1 N–H and O–H groups in total. The minimum Gasteiger partial charge on any atom is -0.314 e. The van der Waals surface area contributed by atoms with Crippen molar-refractivity contribution in [2.24, 2.45) is 0 Å². The van der Waals surface area contributed by atoms with Gasteiger partial charge in [0.2, 0.25) is 0 Å². The first kappa shape index (κ1) is 9.86. The van der Waals surface area contributed by atoms with E-state index in [9.17, 15) is 0 Å². The maximum absolute atomic E-state index is 4.25. The molecule has 1 rings (SSSR count). The molecule has 0 aliphatic carbocycles. The molecule has 0 amide bonds. The molecule has 1 aromatic heterocycles. The van der Waals surface area contributed by atoms with Crippen molar-refractivity contribution in [2.75, 3.05) is 7.05 Å². The van der Waals surface area contributed by atoms with Gasteiger partial charge in [0, 0.05) is 12.2 Å². The average Bonchev–Trinajstić information content (AvgIpc) is 2.14. The van der Waals surface area contributed by atoms with E-state index >= 15 is 0 Å². The first-order chi connectivity index (χ1) is 6.22. The molecular weight excluding hydrogens is 162 g/mol. The van der Waals surface area contributed by atoms with Crippen LogP contribution in [0.5, 0.6) is 0 Å². The van der Waals surface area contributed by atoms with Crippen LogP contribution in [0.15, 0.2) is 18.3 Å². The summed E-state index contributed by atoms with van der Waals surface area (Å²) >= 11 is 0. The lowest BCUT2D eigenvalue weighted by molar-refractivity contribution is 0.731. The summed E-state index contributed by atoms with van der Waals surface area (Å²) in [6, 6.07) is 2.27. The smallest absolute Gasteiger partial charge is 0.125 e. The number of aromatic nitrogens is 2. The predicted octanol–water partition coefficient (Wildman–Crippen LogP) is 1.41. The Balaban J connectivity index is 2.68. The second-order valence-corrected chi connectivity index (χ2v) is 2.97. The highest BCUT2D eigenvalue weighted by Gasteiger charge is 1.92. The van der Waals surface area contributed by atoms with Gasteiger partial charge in [-0.2, -0.15) is 0 Å². The van der Waals surface area contributed by atoms with Crippen LogP contribution in [0.4, 0.5) is 0 Å². The molecule has 3 nitrogen and oxygen atoms in total. The molecule has 0 aliphatic rings. The Kier molecular flexibility index (Phi) is 3.58. The van der Waals surface area contributed by atoms with Crippen LogP contribution in [0.2, 0.25) is 0 Å². The van der Waals surface area contributed by atoms with Gasteiger partial charge in [-0.25, -0.2) is 9.97 Å². The largest absolute Gasteiger partial charge is 0.314 e. The highest BCUT2D eigenvalue weighted by Crippen LogP contribution is 1.98. The maximum Gasteiger partial charge on any atom is 0.125 e. The van der Waals surface area contributed by atoms with Gasteiger partial charge in [-0.15, -0.1) is 0 Å². The number of hydrogen-bond acceptors (Lipinski definition) is 3. The average molecular weight is 177 g/mol. The summed E-state index contributed by atoms with van der Waals surface area (Å²) in [5.41, 5.74) is 0.953. The zero-order chi connectivity index (χ0) is 9.68. The molecule has 13 heavy (non-hydrogen) atoms. The molecule has 0 spiro atoms. The highest BCUT2D eigenvalue weighted by atomic mass is 14.9. The van der Waals surface area contributed by atoms with Gasteiger partial charge in [0.05, 0.1) is 5.69 Å². The van der Waals surface area contributed by atoms with Gasteiger partial charge in [-0.3, -0.25) is 0 Å². The molecule has 1 aromatic rings. The fourth-order valence-corrected chi connectivity index (χ4v) is 0.906. The van der Waals surface area contributed by atoms with Crippen molar-refractivity contribution < 1.29 is 0 Å². The molecule has 0 radical (unpaired) electrons. The van der Waals surface area contributed by atoms with Gasteiger partial charge in [-0.05, 0) is 33.0 Å². The van der Waals surface area contributed by atoms with Gasteiger partial charge in [0.1, 0.15) is 5.82 Å². The van der Waals surface area contributed by atoms with E-state index in [1.165, 1.54) is 0 Å². The zero-order valence-electron chi connectivity index (χ0n) is 8.28. The van der Waals surface area contributed by atoms with Crippen LogP contribution in [0.25, 0.3) is 6.08 Å². The first-order valence-electron chi connectivity index (χ1n) is 4.37. The molecule has 0 fully saturated rings. The van der Waals surface area contributed by atoms with E-state index in [0.717, 1.165) is 11.5 Å². The lowest BCUT2D eigenvalue weighted by Crippen LogP contribution is -2.17. The molecular formula is C10H15N3. The minimum absolute atomic E-state index is 0.371. The second kappa shape index (κ2) is 4.72. The molecule has 70 valence electrons. The molecule has 1 heterocycles. The molecule has 0 aromatic carbocycles. The fourth-order valence-electron chi connectivity index (χ4n) is 0.906. The number of likely N-dealkylation sites (N-methyl/N-ethyl adjacent to an activating group) is 1. The van der Waals surface area contributed by atoms with Gasteiger partial charge >= 0.3 is 0 Å². The number of nitrogens with one attached hydrogen (secondary N) is 1. The topological polar surface area (TPSA) is 37.8 Å². The third kappa shape index (κ3) is 3.34. The van der Waals surface area contributed by atoms with Crippen LogP contribution in [0, 0.1) is 6.92 Å². The van der Waals surface area contributed by atoms with Crippen molar-refractivity contribution in [1.29, 1.82) is 0 Å². The minimum atomic E-state index is 0.371. The maximum atomic E-state index is 4.25. The van der Waals surface area contributed by atoms with E-state index in [2.05, 4.69) is 28.3 Å². The van der Waals surface area contributed by atoms with Crippen LogP contribution in [-0.4, -0.2) is 23.1 Å². The quantitative estimate of drug-likeness (QED) is 0.758. The standard InChI is InChI=1S/C10H15N3/c1-8(11-3)4-5-10-6-7-12-9(2)13-10/h4-8,11H,1-3H3/b5-4+. The Morgan fingerprint density at radius 2 is 2.31 bits per heavy atom. The molecule has 0 aliphatic heterocycles. The number of nitrogens with zero attached hydrogens (tertiary/aromatic N) is 2. The Morgan fingerprint density at radius 3 is 2.92 bits per heavy atom. The lowest BCUT2D eigenvalue weighted by atomic mass is 10.2. The normalized spacial score (nSPS) is 13.5. The summed E-state index contributed by atoms with van der Waals surface area (Å²) in [6.45, 7) is 3.98. The van der Waals surface area contributed by atoms with Gasteiger partial charge in [-0.1, -0.05) is 6.08 Å². The summed E-state index contributed by atoms with van der Waals surface area (Å²) in [7, 11) is 1.93. The van der Waals surface area contributed by atoms with Crippen molar-refractivity contribution in [2.45, 2.75) is 19.9 Å². The number of rotatable bonds is 3. The van der Waals surface area contributed by atoms with Crippen LogP contribution < -0.4 is 5.32 Å². The van der Waals surface area contributed by atoms with Gasteiger partial charge < -0.3 is 5.32 Å². The number of aryl methyl sites for hydroxylation is 1. The van der Waals surface area contributed by atoms with Crippen LogP contribution in [0.3, 0.4) is 0 Å². The van der Waals surface area contributed by atoms with Crippen LogP contribution in [-0.2, 0) is 0 Å². The third-order valence-electron chi connectivity index (χ3n) is 1.81. The Labute approximate surface area is 78.9 Å². The first-order valence-corrected chi connectivity index (χ1v) is 4.37. The van der Waals surface area contributed by atoms with E-state index in [1.807, 2.05) is 26.1 Å². The number of hydrogen-bond donors (Lipinski definition) is 1. The summed E-state index contributed by atoms with van der Waals surface area (Å²) in [5.74, 6) is 0.805. The second-order valence-electron chi connectivity index (χ2n) is 2.97. The summed E-state index contributed by atoms with van der Waals surface area (Å²) in [4.78, 5) is 8.28. The van der Waals surface area contributed by atoms with E-state index < -0.39 is 0 Å². The Bertz CT molecular complexity index is 294. The van der Waals surface area contributed by atoms with E-state index in [-0.39, 0.29) is 0 Å². The van der Waals surface area contributed by atoms with Crippen LogP contribution >= 0.6 is 0 Å². The van der Waals surface area contributed by atoms with Crippen molar-refractivity contribution in [3.63, 3.8) is 0 Å². The van der Waals surface area contributed by atoms with Crippen LogP contribution in [0.1, 0.15) is 18.4 Å². The van der Waals surface area contributed by atoms with Gasteiger partial charge in [0.15, 0.2) is 0 Å².